The molecule has 1 atom stereocenters. The Bertz CT molecular complexity index is 1470. The predicted molar refractivity (Wildman–Crippen MR) is 155 cm³/mol. The maximum Gasteiger partial charge on any atom is 0.271 e. The molecule has 1 saturated heterocycles. The van der Waals surface area contributed by atoms with Gasteiger partial charge in [0.2, 0.25) is 6.10 Å². The zero-order valence-electron chi connectivity index (χ0n) is 22.8. The lowest BCUT2D eigenvalue weighted by Gasteiger charge is -2.26. The molecule has 0 aliphatic carbocycles. The Kier molecular flexibility index (Phi) is 9.15. The molecule has 0 spiro atoms. The Morgan fingerprint density at radius 3 is 2.41 bits per heavy atom. The number of nitriles is 1. The number of aromatic nitrogens is 1. The van der Waals surface area contributed by atoms with E-state index in [9.17, 15) is 10.1 Å². The van der Waals surface area contributed by atoms with Gasteiger partial charge in [-0.1, -0.05) is 23.5 Å². The third-order valence-corrected chi connectivity index (χ3v) is 7.50. The number of nitrogens with zero attached hydrogens (tertiary/aromatic N) is 3. The molecular weight excluding hydrogens is 544 g/mol. The number of hydrogen-bond acceptors (Lipinski definition) is 10. The Morgan fingerprint density at radius 1 is 1.05 bits per heavy atom. The summed E-state index contributed by atoms with van der Waals surface area (Å²) in [5.41, 5.74) is 1.75. The minimum Gasteiger partial charge on any atom is -0.493 e. The van der Waals surface area contributed by atoms with Gasteiger partial charge in [-0.2, -0.15) is 5.26 Å². The first-order valence-electron chi connectivity index (χ1n) is 13.1. The highest BCUT2D eigenvalue weighted by Crippen LogP contribution is 2.36. The van der Waals surface area contributed by atoms with Crippen molar-refractivity contribution in [1.29, 1.82) is 5.26 Å². The van der Waals surface area contributed by atoms with Crippen LogP contribution in [0.15, 0.2) is 60.7 Å². The van der Waals surface area contributed by atoms with Gasteiger partial charge in [0.05, 0.1) is 49.3 Å². The molecule has 0 bridgehead atoms. The van der Waals surface area contributed by atoms with E-state index < -0.39 is 12.0 Å². The third-order valence-electron chi connectivity index (χ3n) is 6.56. The van der Waals surface area contributed by atoms with Crippen molar-refractivity contribution in [2.75, 3.05) is 59.0 Å². The van der Waals surface area contributed by atoms with E-state index in [2.05, 4.69) is 21.3 Å². The van der Waals surface area contributed by atoms with Gasteiger partial charge in [0.15, 0.2) is 16.6 Å². The quantitative estimate of drug-likeness (QED) is 0.273. The highest BCUT2D eigenvalue weighted by Gasteiger charge is 2.25. The number of thiazole rings is 1. The van der Waals surface area contributed by atoms with Gasteiger partial charge in [-0.05, 0) is 36.4 Å². The van der Waals surface area contributed by atoms with E-state index in [1.165, 1.54) is 11.3 Å². The van der Waals surface area contributed by atoms with Crippen LogP contribution in [-0.4, -0.2) is 69.5 Å². The third kappa shape index (κ3) is 7.05. The van der Waals surface area contributed by atoms with Crippen LogP contribution in [0.25, 0.3) is 10.2 Å². The first-order valence-corrected chi connectivity index (χ1v) is 13.9. The van der Waals surface area contributed by atoms with Crippen molar-refractivity contribution in [3.63, 3.8) is 0 Å². The number of carbonyl (C=O) groups excluding carboxylic acids is 1. The van der Waals surface area contributed by atoms with E-state index in [1.54, 1.807) is 56.7 Å². The van der Waals surface area contributed by atoms with Gasteiger partial charge < -0.3 is 23.7 Å². The van der Waals surface area contributed by atoms with Gasteiger partial charge in [0.1, 0.15) is 18.1 Å². The van der Waals surface area contributed by atoms with Gasteiger partial charge in [0.25, 0.3) is 5.91 Å². The van der Waals surface area contributed by atoms with Crippen LogP contribution in [0.3, 0.4) is 0 Å². The number of anilines is 1. The minimum atomic E-state index is -0.994. The Labute approximate surface area is 242 Å². The molecule has 1 aromatic heterocycles. The maximum atomic E-state index is 13.5. The number of morpholine rings is 1. The second-order valence-corrected chi connectivity index (χ2v) is 10.2. The molecule has 41 heavy (non-hydrogen) atoms. The summed E-state index contributed by atoms with van der Waals surface area (Å²) in [6, 6.07) is 19.6. The summed E-state index contributed by atoms with van der Waals surface area (Å²) >= 11 is 1.31. The molecule has 1 unspecified atom stereocenters. The number of carbonyl (C=O) groups is 1. The first-order chi connectivity index (χ1) is 20.1. The van der Waals surface area contributed by atoms with E-state index in [0.29, 0.717) is 51.4 Å². The molecule has 11 heteroatoms. The van der Waals surface area contributed by atoms with Crippen molar-refractivity contribution >= 4 is 32.6 Å². The Morgan fingerprint density at radius 2 is 1.73 bits per heavy atom. The second-order valence-electron chi connectivity index (χ2n) is 9.19. The van der Waals surface area contributed by atoms with Crippen LogP contribution in [0.4, 0.5) is 5.13 Å². The van der Waals surface area contributed by atoms with Crippen molar-refractivity contribution in [1.82, 2.24) is 9.88 Å². The maximum absolute atomic E-state index is 13.5. The molecule has 0 radical (unpaired) electrons. The van der Waals surface area contributed by atoms with Gasteiger partial charge in [-0.3, -0.25) is 15.0 Å². The van der Waals surface area contributed by atoms with E-state index >= 15 is 0 Å². The van der Waals surface area contributed by atoms with Crippen molar-refractivity contribution < 1.29 is 28.5 Å². The fourth-order valence-corrected chi connectivity index (χ4v) is 5.23. The lowest BCUT2D eigenvalue weighted by atomic mass is 10.1. The largest absolute Gasteiger partial charge is 0.493 e. The van der Waals surface area contributed by atoms with Crippen molar-refractivity contribution in [2.45, 2.75) is 6.10 Å². The Hall–Kier alpha value is -4.37. The van der Waals surface area contributed by atoms with Gasteiger partial charge in [-0.25, -0.2) is 4.98 Å². The molecule has 10 nitrogen and oxygen atoms in total. The number of nitrogens with one attached hydrogen (secondary N) is 1. The number of methoxy groups -OCH3 is 2. The highest BCUT2D eigenvalue weighted by molar-refractivity contribution is 7.22. The summed E-state index contributed by atoms with van der Waals surface area (Å²) in [6.45, 7) is 4.72. The molecule has 1 aliphatic heterocycles. The molecule has 3 aromatic carbocycles. The topological polar surface area (TPSA) is 115 Å². The zero-order chi connectivity index (χ0) is 28.6. The average molecular weight is 575 g/mol. The molecule has 1 aliphatic rings. The summed E-state index contributed by atoms with van der Waals surface area (Å²) in [5.74, 6) is 1.93. The smallest absolute Gasteiger partial charge is 0.271 e. The SMILES string of the molecule is COc1cc2nc(NC(=O)C(Oc3ccc(OCCN4CCOCC4)cc3)c3ccc(C#N)cc3)sc2cc1OC. The van der Waals surface area contributed by atoms with Gasteiger partial charge in [0, 0.05) is 37.3 Å². The van der Waals surface area contributed by atoms with Crippen LogP contribution in [0.5, 0.6) is 23.0 Å². The molecule has 1 N–H and O–H groups in total. The van der Waals surface area contributed by atoms with Crippen LogP contribution in [0.2, 0.25) is 0 Å². The van der Waals surface area contributed by atoms with E-state index in [-0.39, 0.29) is 0 Å². The summed E-state index contributed by atoms with van der Waals surface area (Å²) in [4.78, 5) is 20.4. The zero-order valence-corrected chi connectivity index (χ0v) is 23.6. The number of benzene rings is 3. The standard InChI is InChI=1S/C30H30N4O6S/c1-36-25-17-24-27(18-26(25)37-2)41-30(32-24)33-29(35)28(21-5-3-20(19-31)4-6-21)40-23-9-7-22(8-10-23)39-16-13-34-11-14-38-15-12-34/h3-10,17-18,28H,11-16H2,1-2H3,(H,32,33,35). The fourth-order valence-electron chi connectivity index (χ4n) is 4.35. The van der Waals surface area contributed by atoms with Crippen LogP contribution < -0.4 is 24.3 Å². The van der Waals surface area contributed by atoms with E-state index in [0.717, 1.165) is 37.5 Å². The lowest BCUT2D eigenvalue weighted by Crippen LogP contribution is -2.38. The molecular formula is C30H30N4O6S. The number of fused-ring (bicyclic) bond motifs is 1. The molecule has 5 rings (SSSR count). The molecule has 0 saturated carbocycles. The van der Waals surface area contributed by atoms with Crippen LogP contribution in [0.1, 0.15) is 17.2 Å². The normalized spacial score (nSPS) is 14.2. The Balaban J connectivity index is 1.30. The number of hydrogen-bond donors (Lipinski definition) is 1. The number of rotatable bonds is 11. The first kappa shape index (κ1) is 28.2. The summed E-state index contributed by atoms with van der Waals surface area (Å²) in [7, 11) is 3.12. The molecule has 1 fully saturated rings. The van der Waals surface area contributed by atoms with Crippen molar-refractivity contribution in [2.24, 2.45) is 0 Å². The summed E-state index contributed by atoms with van der Waals surface area (Å²) in [5, 5.41) is 12.5. The van der Waals surface area contributed by atoms with Crippen LogP contribution in [-0.2, 0) is 9.53 Å². The number of amides is 1. The highest BCUT2D eigenvalue weighted by atomic mass is 32.1. The van der Waals surface area contributed by atoms with Gasteiger partial charge in [-0.15, -0.1) is 0 Å². The van der Waals surface area contributed by atoms with Crippen molar-refractivity contribution in [3.8, 4) is 29.1 Å². The molecule has 2 heterocycles. The van der Waals surface area contributed by atoms with Crippen molar-refractivity contribution in [3.05, 3.63) is 71.8 Å². The summed E-state index contributed by atoms with van der Waals surface area (Å²) in [6.07, 6.45) is -0.994. The molecule has 4 aromatic rings. The fraction of sp³-hybridized carbons (Fsp3) is 0.300. The van der Waals surface area contributed by atoms with Gasteiger partial charge >= 0.3 is 0 Å². The predicted octanol–water partition coefficient (Wildman–Crippen LogP) is 4.65. The molecule has 1 amide bonds. The summed E-state index contributed by atoms with van der Waals surface area (Å²) < 4.78 is 29.0. The van der Waals surface area contributed by atoms with Crippen LogP contribution >= 0.6 is 11.3 Å². The van der Waals surface area contributed by atoms with Crippen LogP contribution in [0, 0.1) is 11.3 Å². The number of ether oxygens (including phenoxy) is 5. The van der Waals surface area contributed by atoms with E-state index in [1.807, 2.05) is 18.2 Å². The minimum absolute atomic E-state index is 0.404. The lowest BCUT2D eigenvalue weighted by molar-refractivity contribution is -0.123. The van der Waals surface area contributed by atoms with E-state index in [4.69, 9.17) is 23.7 Å². The monoisotopic (exact) mass is 574 g/mol. The average Bonchev–Trinajstić information content (AvgIpc) is 3.41. The molecule has 212 valence electrons. The second kappa shape index (κ2) is 13.3.